The Hall–Kier alpha value is -2.43. The molecule has 5 heteroatoms. The lowest BCUT2D eigenvalue weighted by Crippen LogP contribution is -2.19. The maximum absolute atomic E-state index is 10.8. The van der Waals surface area contributed by atoms with Gasteiger partial charge in [0, 0.05) is 36.9 Å². The van der Waals surface area contributed by atoms with Gasteiger partial charge in [0.2, 0.25) is 0 Å². The van der Waals surface area contributed by atoms with Crippen LogP contribution in [-0.4, -0.2) is 10.6 Å². The van der Waals surface area contributed by atoms with E-state index < -0.39 is 6.03 Å². The summed E-state index contributed by atoms with van der Waals surface area (Å²) in [5.41, 5.74) is 7.96. The van der Waals surface area contributed by atoms with E-state index >= 15 is 0 Å². The minimum atomic E-state index is -0.557. The molecule has 0 spiro atoms. The van der Waals surface area contributed by atoms with Gasteiger partial charge in [-0.05, 0) is 36.2 Å². The SMILES string of the molecule is CCCn1ccc(CNc2cccc(NC(N)=O)c2)c1. The molecule has 0 unspecified atom stereocenters. The van der Waals surface area contributed by atoms with Crippen molar-refractivity contribution in [1.29, 1.82) is 0 Å². The highest BCUT2D eigenvalue weighted by Gasteiger charge is 2.00. The monoisotopic (exact) mass is 272 g/mol. The maximum Gasteiger partial charge on any atom is 0.316 e. The van der Waals surface area contributed by atoms with Crippen LogP contribution in [0.3, 0.4) is 0 Å². The Labute approximate surface area is 118 Å². The zero-order chi connectivity index (χ0) is 14.4. The number of benzene rings is 1. The molecule has 1 heterocycles. The van der Waals surface area contributed by atoms with Crippen molar-refractivity contribution < 1.29 is 4.79 Å². The average Bonchev–Trinajstić information content (AvgIpc) is 2.84. The summed E-state index contributed by atoms with van der Waals surface area (Å²) in [5.74, 6) is 0. The van der Waals surface area contributed by atoms with E-state index in [1.165, 1.54) is 5.56 Å². The smallest absolute Gasteiger partial charge is 0.316 e. The molecule has 0 radical (unpaired) electrons. The second-order valence-corrected chi connectivity index (χ2v) is 4.68. The Balaban J connectivity index is 1.94. The number of carbonyl (C=O) groups is 1. The molecule has 0 saturated carbocycles. The quantitative estimate of drug-likeness (QED) is 0.756. The summed E-state index contributed by atoms with van der Waals surface area (Å²) in [6.45, 7) is 3.95. The van der Waals surface area contributed by atoms with E-state index in [1.54, 1.807) is 6.07 Å². The number of hydrogen-bond acceptors (Lipinski definition) is 2. The van der Waals surface area contributed by atoms with Gasteiger partial charge in [0.05, 0.1) is 0 Å². The van der Waals surface area contributed by atoms with Crippen molar-refractivity contribution in [3.63, 3.8) is 0 Å². The van der Waals surface area contributed by atoms with E-state index in [4.69, 9.17) is 5.73 Å². The standard InChI is InChI=1S/C15H20N4O/c1-2-7-19-8-6-12(11-19)10-17-13-4-3-5-14(9-13)18-15(16)20/h3-6,8-9,11,17H,2,7,10H2,1H3,(H3,16,18,20). The van der Waals surface area contributed by atoms with Crippen molar-refractivity contribution in [1.82, 2.24) is 4.57 Å². The minimum Gasteiger partial charge on any atom is -0.381 e. The molecule has 2 aromatic rings. The van der Waals surface area contributed by atoms with Gasteiger partial charge in [0.1, 0.15) is 0 Å². The Morgan fingerprint density at radius 1 is 1.30 bits per heavy atom. The number of anilines is 2. The van der Waals surface area contributed by atoms with E-state index in [-0.39, 0.29) is 0 Å². The van der Waals surface area contributed by atoms with Crippen LogP contribution in [0.4, 0.5) is 16.2 Å². The van der Waals surface area contributed by atoms with Crippen molar-refractivity contribution in [3.8, 4) is 0 Å². The van der Waals surface area contributed by atoms with E-state index in [2.05, 4.69) is 40.6 Å². The van der Waals surface area contributed by atoms with Crippen molar-refractivity contribution in [3.05, 3.63) is 48.3 Å². The molecule has 2 amide bonds. The number of aromatic nitrogens is 1. The highest BCUT2D eigenvalue weighted by Crippen LogP contribution is 2.16. The van der Waals surface area contributed by atoms with Crippen LogP contribution in [-0.2, 0) is 13.1 Å². The number of nitrogens with two attached hydrogens (primary N) is 1. The van der Waals surface area contributed by atoms with Crippen molar-refractivity contribution in [2.24, 2.45) is 5.73 Å². The first-order valence-corrected chi connectivity index (χ1v) is 6.72. The van der Waals surface area contributed by atoms with Crippen LogP contribution in [0.1, 0.15) is 18.9 Å². The van der Waals surface area contributed by atoms with E-state index in [1.807, 2.05) is 18.2 Å². The summed E-state index contributed by atoms with van der Waals surface area (Å²) in [5, 5.41) is 5.88. The number of hydrogen-bond donors (Lipinski definition) is 3. The number of amides is 2. The molecule has 0 fully saturated rings. The fourth-order valence-electron chi connectivity index (χ4n) is 2.05. The molecule has 1 aromatic carbocycles. The number of urea groups is 1. The van der Waals surface area contributed by atoms with Gasteiger partial charge in [0.15, 0.2) is 0 Å². The number of primary amides is 1. The van der Waals surface area contributed by atoms with Gasteiger partial charge in [-0.3, -0.25) is 0 Å². The fourth-order valence-corrected chi connectivity index (χ4v) is 2.05. The lowest BCUT2D eigenvalue weighted by molar-refractivity contribution is 0.259. The first kappa shape index (κ1) is 14.0. The predicted molar refractivity (Wildman–Crippen MR) is 81.7 cm³/mol. The van der Waals surface area contributed by atoms with E-state index in [0.29, 0.717) is 5.69 Å². The van der Waals surface area contributed by atoms with Crippen molar-refractivity contribution >= 4 is 17.4 Å². The van der Waals surface area contributed by atoms with Gasteiger partial charge in [-0.25, -0.2) is 4.79 Å². The van der Waals surface area contributed by atoms with Gasteiger partial charge >= 0.3 is 6.03 Å². The molecular weight excluding hydrogens is 252 g/mol. The average molecular weight is 272 g/mol. The van der Waals surface area contributed by atoms with Gasteiger partial charge in [-0.2, -0.15) is 0 Å². The van der Waals surface area contributed by atoms with Crippen molar-refractivity contribution in [2.75, 3.05) is 10.6 Å². The summed E-state index contributed by atoms with van der Waals surface area (Å²) in [6, 6.07) is 9.03. The zero-order valence-corrected chi connectivity index (χ0v) is 11.6. The van der Waals surface area contributed by atoms with E-state index in [0.717, 1.165) is 25.2 Å². The summed E-state index contributed by atoms with van der Waals surface area (Å²) >= 11 is 0. The van der Waals surface area contributed by atoms with Gasteiger partial charge < -0.3 is 20.9 Å². The molecule has 20 heavy (non-hydrogen) atoms. The van der Waals surface area contributed by atoms with Crippen LogP contribution in [0.15, 0.2) is 42.7 Å². The van der Waals surface area contributed by atoms with Crippen LogP contribution < -0.4 is 16.4 Å². The molecular formula is C15H20N4O. The van der Waals surface area contributed by atoms with Gasteiger partial charge in [-0.1, -0.05) is 13.0 Å². The van der Waals surface area contributed by atoms with Crippen LogP contribution >= 0.6 is 0 Å². The van der Waals surface area contributed by atoms with Crippen LogP contribution in [0.25, 0.3) is 0 Å². The summed E-state index contributed by atoms with van der Waals surface area (Å²) in [4.78, 5) is 10.8. The molecule has 5 nitrogen and oxygen atoms in total. The topological polar surface area (TPSA) is 72.1 Å². The van der Waals surface area contributed by atoms with Crippen molar-refractivity contribution in [2.45, 2.75) is 26.4 Å². The number of rotatable bonds is 6. The Bertz CT molecular complexity index is 577. The lowest BCUT2D eigenvalue weighted by Gasteiger charge is -2.07. The molecule has 0 atom stereocenters. The minimum absolute atomic E-state index is 0.557. The Morgan fingerprint density at radius 2 is 2.10 bits per heavy atom. The molecule has 4 N–H and O–H groups in total. The first-order valence-electron chi connectivity index (χ1n) is 6.72. The third-order valence-electron chi connectivity index (χ3n) is 2.92. The predicted octanol–water partition coefficient (Wildman–Crippen LogP) is 3.00. The molecule has 0 aliphatic rings. The molecule has 0 saturated heterocycles. The van der Waals surface area contributed by atoms with Crippen LogP contribution in [0, 0.1) is 0 Å². The summed E-state index contributed by atoms with van der Waals surface area (Å²) in [7, 11) is 0. The molecule has 0 aliphatic heterocycles. The van der Waals surface area contributed by atoms with E-state index in [9.17, 15) is 4.79 Å². The normalized spacial score (nSPS) is 10.2. The third-order valence-corrected chi connectivity index (χ3v) is 2.92. The second kappa shape index (κ2) is 6.65. The first-order chi connectivity index (χ1) is 9.67. The molecule has 1 aromatic heterocycles. The number of nitrogens with zero attached hydrogens (tertiary/aromatic N) is 1. The highest BCUT2D eigenvalue weighted by atomic mass is 16.2. The molecule has 106 valence electrons. The van der Waals surface area contributed by atoms with Crippen LogP contribution in [0.2, 0.25) is 0 Å². The largest absolute Gasteiger partial charge is 0.381 e. The fraction of sp³-hybridized carbons (Fsp3) is 0.267. The maximum atomic E-state index is 10.8. The molecule has 2 rings (SSSR count). The Morgan fingerprint density at radius 3 is 2.85 bits per heavy atom. The molecule has 0 aliphatic carbocycles. The number of aryl methyl sites for hydroxylation is 1. The second-order valence-electron chi connectivity index (χ2n) is 4.68. The van der Waals surface area contributed by atoms with Crippen LogP contribution in [0.5, 0.6) is 0 Å². The van der Waals surface area contributed by atoms with Gasteiger partial charge in [0.25, 0.3) is 0 Å². The number of carbonyl (C=O) groups excluding carboxylic acids is 1. The number of nitrogens with one attached hydrogen (secondary N) is 2. The highest BCUT2D eigenvalue weighted by molar-refractivity contribution is 5.88. The summed E-state index contributed by atoms with van der Waals surface area (Å²) < 4.78 is 2.18. The lowest BCUT2D eigenvalue weighted by atomic mass is 10.2. The molecule has 0 bridgehead atoms. The Kier molecular flexibility index (Phi) is 4.65. The van der Waals surface area contributed by atoms with Gasteiger partial charge in [-0.15, -0.1) is 0 Å². The third kappa shape index (κ3) is 4.05. The summed E-state index contributed by atoms with van der Waals surface area (Å²) in [6.07, 6.45) is 5.36. The zero-order valence-electron chi connectivity index (χ0n) is 11.6.